The first-order chi connectivity index (χ1) is 21.2. The number of carboxylic acids is 1. The van der Waals surface area contributed by atoms with E-state index in [1.54, 1.807) is 4.90 Å². The van der Waals surface area contributed by atoms with Crippen LogP contribution in [0.15, 0.2) is 71.7 Å². The number of aliphatic carboxylic acids is 1. The van der Waals surface area contributed by atoms with E-state index in [0.717, 1.165) is 54.5 Å². The molecule has 0 saturated carbocycles. The molecule has 0 aliphatic carbocycles. The Labute approximate surface area is 257 Å². The lowest BCUT2D eigenvalue weighted by Gasteiger charge is -2.23. The number of aliphatic imine (C=N–C) groups is 1. The molecule has 1 aliphatic rings. The summed E-state index contributed by atoms with van der Waals surface area (Å²) in [6.45, 7) is 1.27. The van der Waals surface area contributed by atoms with E-state index in [1.807, 2.05) is 66.7 Å². The highest BCUT2D eigenvalue weighted by atomic mass is 16.4. The van der Waals surface area contributed by atoms with Crippen LogP contribution in [0.4, 0.5) is 17.1 Å². The average molecular weight is 600 g/mol. The molecule has 0 saturated heterocycles. The van der Waals surface area contributed by atoms with Crippen molar-refractivity contribution in [2.75, 3.05) is 29.9 Å². The van der Waals surface area contributed by atoms with E-state index in [-0.39, 0.29) is 43.8 Å². The average Bonchev–Trinajstić information content (AvgIpc) is 3.09. The fourth-order valence-corrected chi connectivity index (χ4v) is 5.19. The van der Waals surface area contributed by atoms with Crippen LogP contribution in [0.25, 0.3) is 0 Å². The molecule has 0 spiro atoms. The van der Waals surface area contributed by atoms with Gasteiger partial charge in [-0.1, -0.05) is 43.2 Å². The highest BCUT2D eigenvalue weighted by Crippen LogP contribution is 2.30. The van der Waals surface area contributed by atoms with Gasteiger partial charge in [0, 0.05) is 18.8 Å². The van der Waals surface area contributed by atoms with Crippen molar-refractivity contribution in [3.63, 3.8) is 0 Å². The number of amides is 2. The third-order valence-corrected chi connectivity index (χ3v) is 7.47. The number of nitrogens with two attached hydrogens (primary N) is 3. The summed E-state index contributed by atoms with van der Waals surface area (Å²) in [7, 11) is 0. The van der Waals surface area contributed by atoms with Crippen molar-refractivity contribution in [3.8, 4) is 0 Å². The first-order valence-corrected chi connectivity index (χ1v) is 14.9. The van der Waals surface area contributed by atoms with E-state index in [4.69, 9.17) is 17.2 Å². The Morgan fingerprint density at radius 3 is 2.39 bits per heavy atom. The van der Waals surface area contributed by atoms with Crippen molar-refractivity contribution in [2.45, 2.75) is 51.6 Å². The molecule has 4 rings (SSSR count). The van der Waals surface area contributed by atoms with E-state index in [1.165, 1.54) is 4.90 Å². The second-order valence-corrected chi connectivity index (χ2v) is 10.9. The molecule has 0 aromatic heterocycles. The molecule has 0 unspecified atom stereocenters. The number of rotatable bonds is 15. The number of unbranched alkanes of at least 4 members (excludes halogenated alkanes) is 3. The van der Waals surface area contributed by atoms with Gasteiger partial charge in [-0.05, 0) is 78.9 Å². The number of benzene rings is 3. The molecule has 0 radical (unpaired) electrons. The van der Waals surface area contributed by atoms with Crippen LogP contribution in [-0.2, 0) is 29.1 Å². The first kappa shape index (κ1) is 32.0. The summed E-state index contributed by atoms with van der Waals surface area (Å²) in [6.07, 6.45) is 4.64. The number of nitrogens with one attached hydrogen (secondary N) is 1. The molecule has 0 fully saturated rings. The maximum absolute atomic E-state index is 13.6. The smallest absolute Gasteiger partial charge is 0.305 e. The number of nitrogens with zero attached hydrogens (tertiary/aromatic N) is 3. The van der Waals surface area contributed by atoms with Crippen LogP contribution in [0.1, 0.15) is 59.2 Å². The predicted octanol–water partition coefficient (Wildman–Crippen LogP) is 3.73. The summed E-state index contributed by atoms with van der Waals surface area (Å²) in [5.74, 6) is -1.61. The molecule has 8 N–H and O–H groups in total. The fraction of sp³-hybridized carbons (Fsp3) is 0.333. The van der Waals surface area contributed by atoms with Crippen LogP contribution < -0.4 is 27.4 Å². The molecule has 1 aliphatic heterocycles. The van der Waals surface area contributed by atoms with Crippen molar-refractivity contribution in [1.82, 2.24) is 4.90 Å². The number of aryl methyl sites for hydroxylation is 1. The molecule has 3 aromatic rings. The number of guanidine groups is 1. The Morgan fingerprint density at radius 2 is 1.66 bits per heavy atom. The van der Waals surface area contributed by atoms with Crippen molar-refractivity contribution in [2.24, 2.45) is 22.2 Å². The molecule has 1 heterocycles. The molecule has 11 nitrogen and oxygen atoms in total. The van der Waals surface area contributed by atoms with Gasteiger partial charge in [0.25, 0.3) is 5.91 Å². The van der Waals surface area contributed by atoms with Gasteiger partial charge in [-0.2, -0.15) is 0 Å². The largest absolute Gasteiger partial charge is 0.481 e. The molecule has 3 aromatic carbocycles. The van der Waals surface area contributed by atoms with Crippen LogP contribution >= 0.6 is 0 Å². The van der Waals surface area contributed by atoms with Gasteiger partial charge in [-0.3, -0.25) is 14.4 Å². The Hall–Kier alpha value is -4.90. The molecule has 2 amide bonds. The minimum atomic E-state index is -1.02. The number of carboxylic acid groups (broad SMARTS) is 1. The number of anilines is 2. The topological polar surface area (TPSA) is 180 Å². The van der Waals surface area contributed by atoms with Gasteiger partial charge < -0.3 is 37.4 Å². The lowest BCUT2D eigenvalue weighted by Crippen LogP contribution is -2.40. The zero-order chi connectivity index (χ0) is 31.5. The molecule has 0 atom stereocenters. The number of carbonyl (C=O) groups is 3. The van der Waals surface area contributed by atoms with Gasteiger partial charge in [0.2, 0.25) is 5.91 Å². The van der Waals surface area contributed by atoms with E-state index < -0.39 is 5.97 Å². The van der Waals surface area contributed by atoms with Gasteiger partial charge in [-0.15, -0.1) is 0 Å². The monoisotopic (exact) mass is 599 g/mol. The summed E-state index contributed by atoms with van der Waals surface area (Å²) < 4.78 is 0. The third kappa shape index (κ3) is 9.05. The van der Waals surface area contributed by atoms with E-state index >= 15 is 0 Å². The van der Waals surface area contributed by atoms with Gasteiger partial charge in [-0.25, -0.2) is 4.99 Å². The number of hydrogen-bond donors (Lipinski definition) is 5. The van der Waals surface area contributed by atoms with Crippen LogP contribution in [0.3, 0.4) is 0 Å². The summed E-state index contributed by atoms with van der Waals surface area (Å²) in [5, 5.41) is 12.6. The third-order valence-electron chi connectivity index (χ3n) is 7.47. The molecular weight excluding hydrogens is 558 g/mol. The minimum absolute atomic E-state index is 0.00466. The maximum atomic E-state index is 13.6. The maximum Gasteiger partial charge on any atom is 0.305 e. The SMILES string of the molecule is NCCCCCCc1ccc2c(c1)C(=O)N(CCC(=O)O)CC(=O)N2Cc1cccc(NCc2ccc(N=C(N)N)cc2)c1. The second-order valence-electron chi connectivity index (χ2n) is 10.9. The lowest BCUT2D eigenvalue weighted by molar-refractivity contribution is -0.137. The molecule has 232 valence electrons. The standard InChI is InChI=1S/C33H41N7O4/c34-16-4-2-1-3-6-23-11-14-29-28(19-23)32(44)39(17-15-31(42)43)22-30(41)40(29)21-25-7-5-8-27(18-25)37-20-24-9-12-26(13-10-24)38-33(35)36/h5,7-14,18-19,37H,1-4,6,15-17,20-22,34H2,(H,42,43)(H4,35,36,38). The van der Waals surface area contributed by atoms with Gasteiger partial charge >= 0.3 is 5.97 Å². The zero-order valence-electron chi connectivity index (χ0n) is 24.9. The Morgan fingerprint density at radius 1 is 0.909 bits per heavy atom. The normalized spacial score (nSPS) is 12.9. The van der Waals surface area contributed by atoms with E-state index in [0.29, 0.717) is 30.0 Å². The van der Waals surface area contributed by atoms with Crippen LogP contribution in [-0.4, -0.2) is 53.4 Å². The second kappa shape index (κ2) is 15.5. The first-order valence-electron chi connectivity index (χ1n) is 14.9. The van der Waals surface area contributed by atoms with Crippen molar-refractivity contribution in [3.05, 3.63) is 89.0 Å². The Bertz CT molecular complexity index is 1490. The Kier molecular flexibility index (Phi) is 11.3. The van der Waals surface area contributed by atoms with Gasteiger partial charge in [0.05, 0.1) is 29.9 Å². The van der Waals surface area contributed by atoms with Crippen molar-refractivity contribution in [1.29, 1.82) is 0 Å². The minimum Gasteiger partial charge on any atom is -0.481 e. The Balaban J connectivity index is 1.52. The summed E-state index contributed by atoms with van der Waals surface area (Å²) >= 11 is 0. The molecule has 11 heteroatoms. The summed E-state index contributed by atoms with van der Waals surface area (Å²) in [6, 6.07) is 21.0. The van der Waals surface area contributed by atoms with Crippen LogP contribution in [0.5, 0.6) is 0 Å². The van der Waals surface area contributed by atoms with Crippen LogP contribution in [0.2, 0.25) is 0 Å². The van der Waals surface area contributed by atoms with Gasteiger partial charge in [0.15, 0.2) is 5.96 Å². The molecular formula is C33H41N7O4. The van der Waals surface area contributed by atoms with E-state index in [9.17, 15) is 19.5 Å². The summed E-state index contributed by atoms with van der Waals surface area (Å²) in [5.41, 5.74) is 21.9. The summed E-state index contributed by atoms with van der Waals surface area (Å²) in [4.78, 5) is 45.5. The molecule has 0 bridgehead atoms. The fourth-order valence-electron chi connectivity index (χ4n) is 5.19. The quantitative estimate of drug-likeness (QED) is 0.0995. The van der Waals surface area contributed by atoms with Crippen LogP contribution in [0, 0.1) is 0 Å². The van der Waals surface area contributed by atoms with Gasteiger partial charge in [0.1, 0.15) is 6.54 Å². The predicted molar refractivity (Wildman–Crippen MR) is 173 cm³/mol. The van der Waals surface area contributed by atoms with Crippen molar-refractivity contribution >= 4 is 40.8 Å². The zero-order valence-corrected chi connectivity index (χ0v) is 24.9. The highest BCUT2D eigenvalue weighted by Gasteiger charge is 2.32. The highest BCUT2D eigenvalue weighted by molar-refractivity contribution is 6.09. The number of fused-ring (bicyclic) bond motifs is 1. The lowest BCUT2D eigenvalue weighted by atomic mass is 10.0. The molecule has 44 heavy (non-hydrogen) atoms. The number of hydrogen-bond acceptors (Lipinski definition) is 6. The number of carbonyl (C=O) groups excluding carboxylic acids is 2. The van der Waals surface area contributed by atoms with E-state index in [2.05, 4.69) is 10.3 Å². The van der Waals surface area contributed by atoms with Crippen molar-refractivity contribution < 1.29 is 19.5 Å².